The number of benzene rings is 3. The van der Waals surface area contributed by atoms with Gasteiger partial charge < -0.3 is 10.4 Å². The summed E-state index contributed by atoms with van der Waals surface area (Å²) in [4.78, 5) is 36.1. The van der Waals surface area contributed by atoms with Crippen LogP contribution in [0.1, 0.15) is 36.6 Å². The van der Waals surface area contributed by atoms with E-state index in [1.807, 2.05) is 6.07 Å². The van der Waals surface area contributed by atoms with E-state index in [-0.39, 0.29) is 22.1 Å². The van der Waals surface area contributed by atoms with Gasteiger partial charge in [0.15, 0.2) is 5.78 Å². The van der Waals surface area contributed by atoms with Crippen LogP contribution in [0.25, 0.3) is 0 Å². The largest absolute Gasteiger partial charge is 0.478 e. The molecule has 0 aliphatic carbocycles. The number of amides is 1. The molecule has 1 amide bonds. The van der Waals surface area contributed by atoms with Gasteiger partial charge in [-0.25, -0.2) is 4.79 Å². The third kappa shape index (κ3) is 4.22. The van der Waals surface area contributed by atoms with Gasteiger partial charge in [-0.3, -0.25) is 9.59 Å². The number of carboxylic acids is 1. The maximum Gasteiger partial charge on any atom is 0.337 e. The van der Waals surface area contributed by atoms with E-state index in [9.17, 15) is 19.5 Å². The van der Waals surface area contributed by atoms with Crippen LogP contribution < -0.4 is 5.32 Å². The molecule has 0 spiro atoms. The molecule has 0 bridgehead atoms. The molecule has 0 heterocycles. The van der Waals surface area contributed by atoms with Crippen LogP contribution in [0.3, 0.4) is 0 Å². The van der Waals surface area contributed by atoms with Crippen molar-refractivity contribution in [2.24, 2.45) is 0 Å². The molecule has 0 aliphatic heterocycles. The van der Waals surface area contributed by atoms with E-state index in [1.165, 1.54) is 30.3 Å². The Morgan fingerprint density at radius 2 is 1.37 bits per heavy atom. The lowest BCUT2D eigenvalue weighted by Crippen LogP contribution is -2.15. The third-order valence-electron chi connectivity index (χ3n) is 3.91. The van der Waals surface area contributed by atoms with E-state index in [0.717, 1.165) is 0 Å². The van der Waals surface area contributed by atoms with E-state index in [2.05, 4.69) is 5.32 Å². The first kappa shape index (κ1) is 18.4. The molecule has 0 radical (unpaired) electrons. The van der Waals surface area contributed by atoms with Crippen LogP contribution in [0, 0.1) is 0 Å². The minimum atomic E-state index is -1.20. The molecular weight excluding hydrogens is 366 g/mol. The van der Waals surface area contributed by atoms with Crippen molar-refractivity contribution in [2.45, 2.75) is 0 Å². The Morgan fingerprint density at radius 3 is 2.00 bits per heavy atom. The first-order valence-electron chi connectivity index (χ1n) is 8.00. The predicted molar refractivity (Wildman–Crippen MR) is 103 cm³/mol. The average Bonchev–Trinajstić information content (AvgIpc) is 2.69. The smallest absolute Gasteiger partial charge is 0.337 e. The van der Waals surface area contributed by atoms with Crippen LogP contribution in [0.2, 0.25) is 5.02 Å². The molecule has 6 heteroatoms. The summed E-state index contributed by atoms with van der Waals surface area (Å²) in [5, 5.41) is 12.0. The van der Waals surface area contributed by atoms with E-state index in [1.54, 1.807) is 36.4 Å². The molecule has 3 rings (SSSR count). The summed E-state index contributed by atoms with van der Waals surface area (Å²) in [5.41, 5.74) is 1.34. The summed E-state index contributed by atoms with van der Waals surface area (Å²) in [6, 6.07) is 19.2. The second-order valence-corrected chi connectivity index (χ2v) is 6.16. The summed E-state index contributed by atoms with van der Waals surface area (Å²) in [6.45, 7) is 0. The molecule has 0 saturated carbocycles. The van der Waals surface area contributed by atoms with Gasteiger partial charge in [-0.1, -0.05) is 54.1 Å². The average molecular weight is 380 g/mol. The number of carbonyl (C=O) groups excluding carboxylic acids is 2. The Hall–Kier alpha value is -3.44. The Kier molecular flexibility index (Phi) is 5.33. The third-order valence-corrected chi connectivity index (χ3v) is 4.14. The van der Waals surface area contributed by atoms with Crippen molar-refractivity contribution in [2.75, 3.05) is 5.32 Å². The Labute approximate surface area is 160 Å². The SMILES string of the molecule is O=C(Nc1ccc(Cl)cc1C(=O)O)c1ccc(C(=O)c2ccccc2)cc1. The Morgan fingerprint density at radius 1 is 0.778 bits per heavy atom. The van der Waals surface area contributed by atoms with Crippen LogP contribution in [0.15, 0.2) is 72.8 Å². The topological polar surface area (TPSA) is 83.5 Å². The normalized spacial score (nSPS) is 10.3. The van der Waals surface area contributed by atoms with Crippen LogP contribution in [0.5, 0.6) is 0 Å². The molecule has 0 unspecified atom stereocenters. The highest BCUT2D eigenvalue weighted by atomic mass is 35.5. The maximum absolute atomic E-state index is 12.4. The number of rotatable bonds is 5. The quantitative estimate of drug-likeness (QED) is 0.638. The zero-order chi connectivity index (χ0) is 19.4. The molecule has 0 atom stereocenters. The van der Waals surface area contributed by atoms with Crippen molar-refractivity contribution in [3.05, 3.63) is 100 Å². The highest BCUT2D eigenvalue weighted by molar-refractivity contribution is 6.31. The molecule has 0 fully saturated rings. The van der Waals surface area contributed by atoms with Crippen molar-refractivity contribution in [1.29, 1.82) is 0 Å². The lowest BCUT2D eigenvalue weighted by atomic mass is 10.0. The van der Waals surface area contributed by atoms with Crippen molar-refractivity contribution in [1.82, 2.24) is 0 Å². The number of halogens is 1. The standard InChI is InChI=1S/C21H14ClNO4/c22-16-10-11-18(17(12-16)21(26)27)23-20(25)15-8-6-14(7-9-15)19(24)13-4-2-1-3-5-13/h1-12H,(H,23,25)(H,26,27). The number of hydrogen-bond donors (Lipinski definition) is 2. The molecule has 3 aromatic carbocycles. The fourth-order valence-corrected chi connectivity index (χ4v) is 2.70. The van der Waals surface area contributed by atoms with Gasteiger partial charge >= 0.3 is 5.97 Å². The molecule has 134 valence electrons. The number of hydrogen-bond acceptors (Lipinski definition) is 3. The molecule has 2 N–H and O–H groups in total. The summed E-state index contributed by atoms with van der Waals surface area (Å²) in [5.74, 6) is -1.83. The van der Waals surface area contributed by atoms with Gasteiger partial charge in [-0.05, 0) is 30.3 Å². The van der Waals surface area contributed by atoms with Crippen LogP contribution in [-0.2, 0) is 0 Å². The van der Waals surface area contributed by atoms with E-state index < -0.39 is 11.9 Å². The van der Waals surface area contributed by atoms with Crippen molar-refractivity contribution >= 4 is 34.9 Å². The number of anilines is 1. The molecule has 0 aromatic heterocycles. The van der Waals surface area contributed by atoms with Crippen LogP contribution in [-0.4, -0.2) is 22.8 Å². The van der Waals surface area contributed by atoms with Gasteiger partial charge in [-0.15, -0.1) is 0 Å². The summed E-state index contributed by atoms with van der Waals surface area (Å²) < 4.78 is 0. The van der Waals surface area contributed by atoms with Gasteiger partial charge in [-0.2, -0.15) is 0 Å². The minimum Gasteiger partial charge on any atom is -0.478 e. The summed E-state index contributed by atoms with van der Waals surface area (Å²) in [6.07, 6.45) is 0. The number of aromatic carboxylic acids is 1. The Bertz CT molecular complexity index is 1010. The molecule has 3 aromatic rings. The first-order chi connectivity index (χ1) is 13.0. The second kappa shape index (κ2) is 7.85. The molecule has 27 heavy (non-hydrogen) atoms. The van der Waals surface area contributed by atoms with E-state index in [4.69, 9.17) is 11.6 Å². The van der Waals surface area contributed by atoms with E-state index in [0.29, 0.717) is 16.7 Å². The highest BCUT2D eigenvalue weighted by Crippen LogP contribution is 2.21. The molecule has 0 aliphatic rings. The van der Waals surface area contributed by atoms with Crippen molar-refractivity contribution in [3.63, 3.8) is 0 Å². The van der Waals surface area contributed by atoms with Crippen molar-refractivity contribution < 1.29 is 19.5 Å². The number of carbonyl (C=O) groups is 3. The predicted octanol–water partition coefficient (Wildman–Crippen LogP) is 4.52. The maximum atomic E-state index is 12.4. The fourth-order valence-electron chi connectivity index (χ4n) is 2.53. The van der Waals surface area contributed by atoms with Gasteiger partial charge in [0.2, 0.25) is 0 Å². The van der Waals surface area contributed by atoms with Gasteiger partial charge in [0.1, 0.15) is 0 Å². The fraction of sp³-hybridized carbons (Fsp3) is 0. The second-order valence-electron chi connectivity index (χ2n) is 5.72. The Balaban J connectivity index is 1.79. The lowest BCUT2D eigenvalue weighted by molar-refractivity contribution is 0.0698. The number of nitrogens with one attached hydrogen (secondary N) is 1. The summed E-state index contributed by atoms with van der Waals surface area (Å²) in [7, 11) is 0. The zero-order valence-electron chi connectivity index (χ0n) is 14.0. The molecule has 5 nitrogen and oxygen atoms in total. The van der Waals surface area contributed by atoms with E-state index >= 15 is 0 Å². The van der Waals surface area contributed by atoms with Crippen LogP contribution >= 0.6 is 11.6 Å². The summed E-state index contributed by atoms with van der Waals surface area (Å²) >= 11 is 5.80. The lowest BCUT2D eigenvalue weighted by Gasteiger charge is -2.09. The van der Waals surface area contributed by atoms with Crippen LogP contribution in [0.4, 0.5) is 5.69 Å². The van der Waals surface area contributed by atoms with Gasteiger partial charge in [0.25, 0.3) is 5.91 Å². The molecule has 0 saturated heterocycles. The highest BCUT2D eigenvalue weighted by Gasteiger charge is 2.15. The van der Waals surface area contributed by atoms with Crippen molar-refractivity contribution in [3.8, 4) is 0 Å². The number of ketones is 1. The van der Waals surface area contributed by atoms with Gasteiger partial charge in [0, 0.05) is 21.7 Å². The number of carboxylic acid groups (broad SMARTS) is 1. The first-order valence-corrected chi connectivity index (χ1v) is 8.37. The van der Waals surface area contributed by atoms with Gasteiger partial charge in [0.05, 0.1) is 11.3 Å². The monoisotopic (exact) mass is 379 g/mol. The zero-order valence-corrected chi connectivity index (χ0v) is 14.7. The molecular formula is C21H14ClNO4. The minimum absolute atomic E-state index is 0.105.